The first-order valence-corrected chi connectivity index (χ1v) is 8.03. The molecular formula is C16H23N3O6. The maximum Gasteiger partial charge on any atom is 0.352 e. The van der Waals surface area contributed by atoms with Crippen molar-refractivity contribution in [2.24, 2.45) is 5.73 Å². The van der Waals surface area contributed by atoms with E-state index in [0.717, 1.165) is 17.5 Å². The van der Waals surface area contributed by atoms with E-state index in [2.05, 4.69) is 11.2 Å². The van der Waals surface area contributed by atoms with Crippen LogP contribution in [-0.4, -0.2) is 63.9 Å². The summed E-state index contributed by atoms with van der Waals surface area (Å²) in [4.78, 5) is 25.6. The van der Waals surface area contributed by atoms with Crippen LogP contribution >= 0.6 is 0 Å². The predicted octanol–water partition coefficient (Wildman–Crippen LogP) is -1.01. The van der Waals surface area contributed by atoms with Gasteiger partial charge in [-0.25, -0.2) is 9.59 Å². The van der Waals surface area contributed by atoms with Crippen molar-refractivity contribution in [3.05, 3.63) is 11.8 Å². The Kier molecular flexibility index (Phi) is 5.69. The van der Waals surface area contributed by atoms with E-state index in [0.29, 0.717) is 6.42 Å². The van der Waals surface area contributed by atoms with Crippen LogP contribution < -0.4 is 11.1 Å². The van der Waals surface area contributed by atoms with Gasteiger partial charge in [-0.2, -0.15) is 0 Å². The molecule has 9 nitrogen and oxygen atoms in total. The standard InChI is InChI=1S/C16H23N3O6/c1-4-6-7-24-14(22)16(17)10(5-2)8-19(15(23)18-16)13-12(21)11(20)9(3)25-13/h2,8-9,11-13,20-21H,4,6-7,17H2,1,3H3,(H,18,23)/t9-,11-,12-,13-,16?/m1/s1. The van der Waals surface area contributed by atoms with E-state index in [1.54, 1.807) is 6.92 Å². The van der Waals surface area contributed by atoms with Gasteiger partial charge in [0.05, 0.1) is 18.3 Å². The number of hydrogen-bond donors (Lipinski definition) is 4. The van der Waals surface area contributed by atoms with Gasteiger partial charge in [0.1, 0.15) is 12.2 Å². The van der Waals surface area contributed by atoms with Crippen LogP contribution in [0, 0.1) is 12.3 Å². The third-order valence-electron chi connectivity index (χ3n) is 4.19. The van der Waals surface area contributed by atoms with Crippen LogP contribution in [0.5, 0.6) is 0 Å². The van der Waals surface area contributed by atoms with Crippen LogP contribution in [0.2, 0.25) is 0 Å². The third kappa shape index (κ3) is 3.48. The fourth-order valence-corrected chi connectivity index (χ4v) is 2.58. The molecule has 1 unspecified atom stereocenters. The van der Waals surface area contributed by atoms with E-state index in [4.69, 9.17) is 21.6 Å². The van der Waals surface area contributed by atoms with Gasteiger partial charge in [0.15, 0.2) is 6.23 Å². The minimum atomic E-state index is -2.00. The summed E-state index contributed by atoms with van der Waals surface area (Å²) in [6.45, 7) is 3.64. The smallest absolute Gasteiger partial charge is 0.352 e. The summed E-state index contributed by atoms with van der Waals surface area (Å²) < 4.78 is 10.5. The monoisotopic (exact) mass is 353 g/mol. The average Bonchev–Trinajstić information content (AvgIpc) is 2.82. The summed E-state index contributed by atoms with van der Waals surface area (Å²) in [7, 11) is 0. The Balaban J connectivity index is 2.25. The molecule has 0 aliphatic carbocycles. The summed E-state index contributed by atoms with van der Waals surface area (Å²) in [5, 5.41) is 22.1. The van der Waals surface area contributed by atoms with Gasteiger partial charge < -0.3 is 25.0 Å². The van der Waals surface area contributed by atoms with Crippen LogP contribution in [0.4, 0.5) is 4.79 Å². The first-order valence-electron chi connectivity index (χ1n) is 8.03. The van der Waals surface area contributed by atoms with Gasteiger partial charge in [-0.15, -0.1) is 6.42 Å². The van der Waals surface area contributed by atoms with E-state index in [1.165, 1.54) is 0 Å². The number of nitrogens with zero attached hydrogens (tertiary/aromatic N) is 1. The Hall–Kier alpha value is -2.12. The SMILES string of the molecule is C#CC1=CN([C@@H]2O[C@H](C)[C@@H](O)[C@H]2O)C(=O)NC1(N)C(=O)OCCCC. The Labute approximate surface area is 145 Å². The number of aliphatic hydroxyl groups excluding tert-OH is 2. The first kappa shape index (κ1) is 19.2. The van der Waals surface area contributed by atoms with Crippen molar-refractivity contribution >= 4 is 12.0 Å². The highest BCUT2D eigenvalue weighted by Crippen LogP contribution is 2.28. The average molecular weight is 353 g/mol. The topological polar surface area (TPSA) is 134 Å². The summed E-state index contributed by atoms with van der Waals surface area (Å²) >= 11 is 0. The largest absolute Gasteiger partial charge is 0.463 e. The van der Waals surface area contributed by atoms with E-state index >= 15 is 0 Å². The summed E-state index contributed by atoms with van der Waals surface area (Å²) in [6, 6.07) is -0.806. The number of amides is 2. The van der Waals surface area contributed by atoms with Crippen LogP contribution in [-0.2, 0) is 14.3 Å². The molecule has 0 radical (unpaired) electrons. The summed E-state index contributed by atoms with van der Waals surface area (Å²) in [5.74, 6) is 1.38. The van der Waals surface area contributed by atoms with Gasteiger partial charge in [0.25, 0.3) is 0 Å². The molecular weight excluding hydrogens is 330 g/mol. The quantitative estimate of drug-likeness (QED) is 0.283. The lowest BCUT2D eigenvalue weighted by Crippen LogP contribution is -2.69. The van der Waals surface area contributed by atoms with Crippen molar-refractivity contribution in [1.29, 1.82) is 0 Å². The highest BCUT2D eigenvalue weighted by atomic mass is 16.6. The summed E-state index contributed by atoms with van der Waals surface area (Å²) in [5.41, 5.74) is 3.93. The molecule has 9 heteroatoms. The fourth-order valence-electron chi connectivity index (χ4n) is 2.58. The van der Waals surface area contributed by atoms with Gasteiger partial charge in [0.2, 0.25) is 5.66 Å². The lowest BCUT2D eigenvalue weighted by molar-refractivity contribution is -0.150. The Morgan fingerprint density at radius 2 is 2.24 bits per heavy atom. The van der Waals surface area contributed by atoms with Crippen molar-refractivity contribution in [3.8, 4) is 12.3 Å². The van der Waals surface area contributed by atoms with E-state index < -0.39 is 42.2 Å². The Bertz CT molecular complexity index is 615. The molecule has 0 spiro atoms. The molecule has 0 aromatic carbocycles. The number of esters is 1. The van der Waals surface area contributed by atoms with Gasteiger partial charge in [-0.3, -0.25) is 10.6 Å². The second-order valence-corrected chi connectivity index (χ2v) is 6.03. The number of carbonyl (C=O) groups excluding carboxylic acids is 2. The van der Waals surface area contributed by atoms with E-state index in [-0.39, 0.29) is 12.2 Å². The van der Waals surface area contributed by atoms with Crippen molar-refractivity contribution in [2.75, 3.05) is 6.61 Å². The fraction of sp³-hybridized carbons (Fsp3) is 0.625. The normalized spacial score (nSPS) is 35.0. The molecule has 25 heavy (non-hydrogen) atoms. The predicted molar refractivity (Wildman–Crippen MR) is 86.4 cm³/mol. The van der Waals surface area contributed by atoms with E-state index in [9.17, 15) is 19.8 Å². The van der Waals surface area contributed by atoms with Gasteiger partial charge in [-0.05, 0) is 13.3 Å². The molecule has 138 valence electrons. The molecule has 2 aliphatic heterocycles. The minimum Gasteiger partial charge on any atom is -0.463 e. The van der Waals surface area contributed by atoms with Crippen LogP contribution in [0.25, 0.3) is 0 Å². The Morgan fingerprint density at radius 3 is 2.76 bits per heavy atom. The molecule has 2 rings (SSSR count). The number of hydrogen-bond acceptors (Lipinski definition) is 7. The first-order chi connectivity index (χ1) is 11.8. The van der Waals surface area contributed by atoms with Gasteiger partial charge in [0, 0.05) is 6.20 Å². The Morgan fingerprint density at radius 1 is 1.56 bits per heavy atom. The number of nitrogens with one attached hydrogen (secondary N) is 1. The molecule has 5 N–H and O–H groups in total. The molecule has 1 fully saturated rings. The highest BCUT2D eigenvalue weighted by molar-refractivity contribution is 5.93. The lowest BCUT2D eigenvalue weighted by Gasteiger charge is -2.38. The number of ether oxygens (including phenoxy) is 2. The molecule has 1 saturated heterocycles. The van der Waals surface area contributed by atoms with Crippen LogP contribution in [0.15, 0.2) is 11.8 Å². The lowest BCUT2D eigenvalue weighted by atomic mass is 9.99. The number of aliphatic hydroxyl groups is 2. The number of urea groups is 1. The van der Waals surface area contributed by atoms with Gasteiger partial charge >= 0.3 is 12.0 Å². The number of rotatable bonds is 5. The third-order valence-corrected chi connectivity index (χ3v) is 4.19. The van der Waals surface area contributed by atoms with Crippen molar-refractivity contribution in [1.82, 2.24) is 10.2 Å². The molecule has 5 atom stereocenters. The highest BCUT2D eigenvalue weighted by Gasteiger charge is 2.50. The van der Waals surface area contributed by atoms with Crippen molar-refractivity contribution < 1.29 is 29.3 Å². The maximum atomic E-state index is 12.4. The van der Waals surface area contributed by atoms with E-state index in [1.807, 2.05) is 6.92 Å². The van der Waals surface area contributed by atoms with Crippen molar-refractivity contribution in [3.63, 3.8) is 0 Å². The molecule has 0 aromatic heterocycles. The molecule has 0 aromatic rings. The minimum absolute atomic E-state index is 0.0570. The molecule has 2 aliphatic rings. The maximum absolute atomic E-state index is 12.4. The number of nitrogens with two attached hydrogens (primary N) is 1. The number of unbranched alkanes of at least 4 members (excludes halogenated alkanes) is 1. The van der Waals surface area contributed by atoms with Crippen molar-refractivity contribution in [2.45, 2.75) is 56.9 Å². The molecule has 2 heterocycles. The zero-order valence-electron chi connectivity index (χ0n) is 14.1. The zero-order valence-corrected chi connectivity index (χ0v) is 14.1. The molecule has 0 bridgehead atoms. The van der Waals surface area contributed by atoms with Crippen LogP contribution in [0.1, 0.15) is 26.7 Å². The van der Waals surface area contributed by atoms with Crippen LogP contribution in [0.3, 0.4) is 0 Å². The zero-order chi connectivity index (χ0) is 18.8. The molecule has 0 saturated carbocycles. The molecule has 2 amide bonds. The number of terminal acetylenes is 1. The summed E-state index contributed by atoms with van der Waals surface area (Å²) in [6.07, 6.45) is 3.71. The second kappa shape index (κ2) is 7.41. The van der Waals surface area contributed by atoms with Gasteiger partial charge in [-0.1, -0.05) is 19.3 Å². The second-order valence-electron chi connectivity index (χ2n) is 6.03. The number of carbonyl (C=O) groups is 2.